The Kier molecular flexibility index (Phi) is 5.62. The number of halogens is 3. The Morgan fingerprint density at radius 3 is 2.63 bits per heavy atom. The summed E-state index contributed by atoms with van der Waals surface area (Å²) in [6, 6.07) is 3.96. The molecule has 1 rings (SSSR count). The highest BCUT2D eigenvalue weighted by molar-refractivity contribution is 5.89. The van der Waals surface area contributed by atoms with E-state index in [-0.39, 0.29) is 5.69 Å². The van der Waals surface area contributed by atoms with Crippen LogP contribution in [0.15, 0.2) is 24.3 Å². The van der Waals surface area contributed by atoms with E-state index in [0.29, 0.717) is 13.1 Å². The van der Waals surface area contributed by atoms with Gasteiger partial charge in [-0.05, 0) is 24.7 Å². The first kappa shape index (κ1) is 15.3. The Bertz CT molecular complexity index is 421. The summed E-state index contributed by atoms with van der Waals surface area (Å²) in [5.41, 5.74) is -0.686. The maximum atomic E-state index is 12.5. The summed E-state index contributed by atoms with van der Waals surface area (Å²) >= 11 is 0. The normalized spacial score (nSPS) is 11.2. The summed E-state index contributed by atoms with van der Waals surface area (Å²) in [5, 5.41) is 7.89. The van der Waals surface area contributed by atoms with E-state index in [1.165, 1.54) is 12.1 Å². The first-order chi connectivity index (χ1) is 8.93. The third kappa shape index (κ3) is 5.60. The average Bonchev–Trinajstić information content (AvgIpc) is 2.34. The van der Waals surface area contributed by atoms with Crippen molar-refractivity contribution in [2.45, 2.75) is 13.1 Å². The van der Waals surface area contributed by atoms with Gasteiger partial charge in [-0.1, -0.05) is 13.0 Å². The fraction of sp³-hybridized carbons (Fsp3) is 0.417. The van der Waals surface area contributed by atoms with Gasteiger partial charge in [0.2, 0.25) is 0 Å². The SMILES string of the molecule is CCNCCNC(=O)Nc1cccc(C(F)(F)F)c1. The second kappa shape index (κ2) is 6.98. The summed E-state index contributed by atoms with van der Waals surface area (Å²) in [4.78, 5) is 11.4. The smallest absolute Gasteiger partial charge is 0.337 e. The van der Waals surface area contributed by atoms with Gasteiger partial charge < -0.3 is 16.0 Å². The van der Waals surface area contributed by atoms with Crippen LogP contribution in [0.5, 0.6) is 0 Å². The van der Waals surface area contributed by atoms with Crippen LogP contribution in [0.2, 0.25) is 0 Å². The summed E-state index contributed by atoms with van der Waals surface area (Å²) < 4.78 is 37.4. The molecule has 7 heteroatoms. The Hall–Kier alpha value is -1.76. The number of alkyl halides is 3. The zero-order chi connectivity index (χ0) is 14.3. The molecule has 0 unspecified atom stereocenters. The van der Waals surface area contributed by atoms with Crippen LogP contribution in [0.3, 0.4) is 0 Å². The predicted molar refractivity (Wildman–Crippen MR) is 67.0 cm³/mol. The van der Waals surface area contributed by atoms with Gasteiger partial charge in [0.25, 0.3) is 0 Å². The lowest BCUT2D eigenvalue weighted by Gasteiger charge is -2.10. The zero-order valence-electron chi connectivity index (χ0n) is 10.5. The highest BCUT2D eigenvalue weighted by Crippen LogP contribution is 2.30. The summed E-state index contributed by atoms with van der Waals surface area (Å²) in [6.07, 6.45) is -4.42. The number of hydrogen-bond donors (Lipinski definition) is 3. The third-order valence-electron chi connectivity index (χ3n) is 2.29. The number of anilines is 1. The van der Waals surface area contributed by atoms with Crippen LogP contribution in [0.1, 0.15) is 12.5 Å². The van der Waals surface area contributed by atoms with E-state index in [1.54, 1.807) is 0 Å². The van der Waals surface area contributed by atoms with Crippen LogP contribution in [0.25, 0.3) is 0 Å². The number of hydrogen-bond acceptors (Lipinski definition) is 2. The van der Waals surface area contributed by atoms with Crippen LogP contribution in [-0.2, 0) is 6.18 Å². The minimum Gasteiger partial charge on any atom is -0.337 e. The number of carbonyl (C=O) groups excluding carboxylic acids is 1. The van der Waals surface area contributed by atoms with Crippen LogP contribution in [-0.4, -0.2) is 25.7 Å². The predicted octanol–water partition coefficient (Wildman–Crippen LogP) is 2.44. The molecule has 0 fully saturated rings. The van der Waals surface area contributed by atoms with E-state index in [1.807, 2.05) is 6.92 Å². The maximum Gasteiger partial charge on any atom is 0.416 e. The van der Waals surface area contributed by atoms with Crippen LogP contribution in [0, 0.1) is 0 Å². The van der Waals surface area contributed by atoms with Gasteiger partial charge in [0.05, 0.1) is 5.56 Å². The molecule has 0 heterocycles. The molecule has 0 bridgehead atoms. The topological polar surface area (TPSA) is 53.2 Å². The van der Waals surface area contributed by atoms with Crippen molar-refractivity contribution in [1.82, 2.24) is 10.6 Å². The summed E-state index contributed by atoms with van der Waals surface area (Å²) in [6.45, 7) is 3.73. The third-order valence-corrected chi connectivity index (χ3v) is 2.29. The van der Waals surface area contributed by atoms with Crippen LogP contribution in [0.4, 0.5) is 23.7 Å². The van der Waals surface area contributed by atoms with Gasteiger partial charge in [-0.25, -0.2) is 4.79 Å². The van der Waals surface area contributed by atoms with E-state index in [9.17, 15) is 18.0 Å². The second-order valence-corrected chi connectivity index (χ2v) is 3.81. The highest BCUT2D eigenvalue weighted by atomic mass is 19.4. The van der Waals surface area contributed by atoms with Gasteiger partial charge >= 0.3 is 12.2 Å². The molecule has 0 aromatic heterocycles. The van der Waals surface area contributed by atoms with Crippen molar-refractivity contribution in [3.05, 3.63) is 29.8 Å². The lowest BCUT2D eigenvalue weighted by atomic mass is 10.2. The molecule has 0 spiro atoms. The average molecular weight is 275 g/mol. The van der Waals surface area contributed by atoms with E-state index in [2.05, 4.69) is 16.0 Å². The van der Waals surface area contributed by atoms with Crippen molar-refractivity contribution in [2.75, 3.05) is 25.0 Å². The molecular formula is C12H16F3N3O. The zero-order valence-corrected chi connectivity index (χ0v) is 10.5. The van der Waals surface area contributed by atoms with Gasteiger partial charge in [-0.3, -0.25) is 0 Å². The molecule has 1 aromatic rings. The Morgan fingerprint density at radius 1 is 1.26 bits per heavy atom. The van der Waals surface area contributed by atoms with Crippen LogP contribution < -0.4 is 16.0 Å². The van der Waals surface area contributed by atoms with Gasteiger partial charge in [0.15, 0.2) is 0 Å². The van der Waals surface area contributed by atoms with Crippen LogP contribution >= 0.6 is 0 Å². The highest BCUT2D eigenvalue weighted by Gasteiger charge is 2.30. The van der Waals surface area contributed by atoms with Crippen molar-refractivity contribution >= 4 is 11.7 Å². The minimum atomic E-state index is -4.42. The maximum absolute atomic E-state index is 12.5. The number of likely N-dealkylation sites (N-methyl/N-ethyl adjacent to an activating group) is 1. The molecule has 0 saturated carbocycles. The number of amides is 2. The second-order valence-electron chi connectivity index (χ2n) is 3.81. The largest absolute Gasteiger partial charge is 0.416 e. The fourth-order valence-electron chi connectivity index (χ4n) is 1.39. The lowest BCUT2D eigenvalue weighted by Crippen LogP contribution is -2.34. The van der Waals surface area contributed by atoms with Gasteiger partial charge in [0, 0.05) is 18.8 Å². The van der Waals surface area contributed by atoms with Crippen molar-refractivity contribution in [1.29, 1.82) is 0 Å². The molecule has 0 radical (unpaired) electrons. The Morgan fingerprint density at radius 2 is 2.00 bits per heavy atom. The standard InChI is InChI=1S/C12H16F3N3O/c1-2-16-6-7-17-11(19)18-10-5-3-4-9(8-10)12(13,14)15/h3-5,8,16H,2,6-7H2,1H3,(H2,17,18,19). The summed E-state index contributed by atoms with van der Waals surface area (Å²) in [7, 11) is 0. The van der Waals surface area contributed by atoms with Crippen molar-refractivity contribution in [3.8, 4) is 0 Å². The first-order valence-corrected chi connectivity index (χ1v) is 5.86. The molecule has 0 saturated heterocycles. The van der Waals surface area contributed by atoms with E-state index in [4.69, 9.17) is 0 Å². The molecule has 0 aliphatic carbocycles. The monoisotopic (exact) mass is 275 g/mol. The molecule has 106 valence electrons. The quantitative estimate of drug-likeness (QED) is 0.723. The number of rotatable bonds is 5. The molecular weight excluding hydrogens is 259 g/mol. The number of nitrogens with one attached hydrogen (secondary N) is 3. The Balaban J connectivity index is 2.50. The van der Waals surface area contributed by atoms with Crippen molar-refractivity contribution in [2.24, 2.45) is 0 Å². The molecule has 1 aromatic carbocycles. The molecule has 19 heavy (non-hydrogen) atoms. The van der Waals surface area contributed by atoms with Gasteiger partial charge in [0.1, 0.15) is 0 Å². The molecule has 0 aliphatic rings. The molecule has 4 nitrogen and oxygen atoms in total. The molecule has 2 amide bonds. The minimum absolute atomic E-state index is 0.107. The first-order valence-electron chi connectivity index (χ1n) is 5.86. The molecule has 0 aliphatic heterocycles. The van der Waals surface area contributed by atoms with Crippen molar-refractivity contribution < 1.29 is 18.0 Å². The lowest BCUT2D eigenvalue weighted by molar-refractivity contribution is -0.137. The van der Waals surface area contributed by atoms with Gasteiger partial charge in [-0.15, -0.1) is 0 Å². The molecule has 3 N–H and O–H groups in total. The number of benzene rings is 1. The Labute approximate surface area is 109 Å². The van der Waals surface area contributed by atoms with E-state index >= 15 is 0 Å². The van der Waals surface area contributed by atoms with Gasteiger partial charge in [-0.2, -0.15) is 13.2 Å². The fourth-order valence-corrected chi connectivity index (χ4v) is 1.39. The summed E-state index contributed by atoms with van der Waals surface area (Å²) in [5.74, 6) is 0. The van der Waals surface area contributed by atoms with E-state index < -0.39 is 17.8 Å². The van der Waals surface area contributed by atoms with E-state index in [0.717, 1.165) is 18.7 Å². The van der Waals surface area contributed by atoms with Crippen molar-refractivity contribution in [3.63, 3.8) is 0 Å². The number of carbonyl (C=O) groups is 1. The number of urea groups is 1. The molecule has 0 atom stereocenters.